The predicted octanol–water partition coefficient (Wildman–Crippen LogP) is 6.50. The van der Waals surface area contributed by atoms with Crippen molar-refractivity contribution in [1.82, 2.24) is 0 Å². The molecule has 3 aromatic carbocycles. The number of nitrogens with one attached hydrogen (secondary N) is 1. The summed E-state index contributed by atoms with van der Waals surface area (Å²) in [5.41, 5.74) is 5.58. The Morgan fingerprint density at radius 3 is 2.55 bits per heavy atom. The van der Waals surface area contributed by atoms with Crippen LogP contribution in [0.2, 0.25) is 0 Å². The van der Waals surface area contributed by atoms with Crippen molar-refractivity contribution in [2.45, 2.75) is 27.4 Å². The van der Waals surface area contributed by atoms with Crippen LogP contribution in [0.3, 0.4) is 0 Å². The van der Waals surface area contributed by atoms with Gasteiger partial charge in [0.05, 0.1) is 0 Å². The molecule has 5 heteroatoms. The number of rotatable bonds is 6. The molecule has 0 fully saturated rings. The lowest BCUT2D eigenvalue weighted by Gasteiger charge is -2.12. The molecule has 0 bridgehead atoms. The minimum Gasteiger partial charge on any atom is -0.488 e. The third-order valence-corrected chi connectivity index (χ3v) is 5.24. The molecule has 0 aliphatic rings. The van der Waals surface area contributed by atoms with Crippen molar-refractivity contribution in [3.8, 4) is 11.8 Å². The molecule has 4 nitrogen and oxygen atoms in total. The van der Waals surface area contributed by atoms with E-state index in [9.17, 15) is 10.1 Å². The molecule has 1 amide bonds. The Labute approximate surface area is 191 Å². The van der Waals surface area contributed by atoms with Crippen LogP contribution in [0.4, 0.5) is 5.69 Å². The molecule has 0 heterocycles. The summed E-state index contributed by atoms with van der Waals surface area (Å²) < 4.78 is 6.83. The number of ether oxygens (including phenoxy) is 1. The van der Waals surface area contributed by atoms with Gasteiger partial charge in [-0.3, -0.25) is 4.79 Å². The molecule has 0 saturated carbocycles. The van der Waals surface area contributed by atoms with Crippen LogP contribution >= 0.6 is 15.9 Å². The number of hydrogen-bond acceptors (Lipinski definition) is 3. The molecule has 0 spiro atoms. The lowest BCUT2D eigenvalue weighted by Crippen LogP contribution is -2.14. The van der Waals surface area contributed by atoms with Gasteiger partial charge in [-0.05, 0) is 62.2 Å². The van der Waals surface area contributed by atoms with E-state index in [1.165, 1.54) is 0 Å². The maximum Gasteiger partial charge on any atom is 0.266 e. The smallest absolute Gasteiger partial charge is 0.266 e. The molecule has 3 aromatic rings. The second kappa shape index (κ2) is 10.1. The van der Waals surface area contributed by atoms with Crippen molar-refractivity contribution < 1.29 is 9.53 Å². The van der Waals surface area contributed by atoms with Gasteiger partial charge in [-0.15, -0.1) is 0 Å². The third-order valence-electron chi connectivity index (χ3n) is 4.74. The summed E-state index contributed by atoms with van der Waals surface area (Å²) in [6.45, 7) is 6.33. The SMILES string of the molecule is Cc1cccc(COc2ccc(Br)cc2/C=C(\C#N)C(=O)Nc2ccc(C)cc2C)c1. The number of carbonyl (C=O) groups excluding carboxylic acids is 1. The zero-order chi connectivity index (χ0) is 22.4. The third kappa shape index (κ3) is 6.07. The average Bonchev–Trinajstić information content (AvgIpc) is 2.73. The van der Waals surface area contributed by atoms with Gasteiger partial charge in [0.1, 0.15) is 24.0 Å². The Kier molecular flexibility index (Phi) is 7.28. The maximum absolute atomic E-state index is 12.7. The van der Waals surface area contributed by atoms with Crippen LogP contribution in [0.1, 0.15) is 27.8 Å². The highest BCUT2D eigenvalue weighted by molar-refractivity contribution is 9.10. The number of amides is 1. The van der Waals surface area contributed by atoms with E-state index < -0.39 is 5.91 Å². The Balaban J connectivity index is 1.84. The summed E-state index contributed by atoms with van der Waals surface area (Å²) in [5, 5.41) is 12.4. The van der Waals surface area contributed by atoms with Gasteiger partial charge in [-0.2, -0.15) is 5.26 Å². The van der Waals surface area contributed by atoms with Crippen LogP contribution < -0.4 is 10.1 Å². The van der Waals surface area contributed by atoms with Crippen LogP contribution in [-0.2, 0) is 11.4 Å². The number of carbonyl (C=O) groups is 1. The first-order valence-electron chi connectivity index (χ1n) is 9.84. The highest BCUT2D eigenvalue weighted by Crippen LogP contribution is 2.27. The number of nitrogens with zero attached hydrogens (tertiary/aromatic N) is 1. The molecule has 0 radical (unpaired) electrons. The predicted molar refractivity (Wildman–Crippen MR) is 128 cm³/mol. The van der Waals surface area contributed by atoms with Crippen molar-refractivity contribution in [3.63, 3.8) is 0 Å². The fourth-order valence-corrected chi connectivity index (χ4v) is 3.55. The molecule has 0 aliphatic heterocycles. The first-order valence-corrected chi connectivity index (χ1v) is 10.6. The van der Waals surface area contributed by atoms with Gasteiger partial charge in [-0.25, -0.2) is 0 Å². The first kappa shape index (κ1) is 22.3. The van der Waals surface area contributed by atoms with Crippen LogP contribution in [0.5, 0.6) is 5.75 Å². The van der Waals surface area contributed by atoms with E-state index in [4.69, 9.17) is 4.74 Å². The molecular weight excluding hydrogens is 452 g/mol. The highest BCUT2D eigenvalue weighted by Gasteiger charge is 2.13. The van der Waals surface area contributed by atoms with E-state index in [-0.39, 0.29) is 5.57 Å². The second-order valence-electron chi connectivity index (χ2n) is 7.40. The van der Waals surface area contributed by atoms with Gasteiger partial charge < -0.3 is 10.1 Å². The number of hydrogen-bond donors (Lipinski definition) is 1. The van der Waals surface area contributed by atoms with Crippen molar-refractivity contribution in [2.75, 3.05) is 5.32 Å². The van der Waals surface area contributed by atoms with Crippen LogP contribution in [0, 0.1) is 32.1 Å². The van der Waals surface area contributed by atoms with Crippen LogP contribution in [0.25, 0.3) is 6.08 Å². The molecule has 31 heavy (non-hydrogen) atoms. The molecular formula is C26H23BrN2O2. The molecule has 0 unspecified atom stereocenters. The van der Waals surface area contributed by atoms with Crippen molar-refractivity contribution in [1.29, 1.82) is 5.26 Å². The highest BCUT2D eigenvalue weighted by atomic mass is 79.9. The zero-order valence-corrected chi connectivity index (χ0v) is 19.3. The largest absolute Gasteiger partial charge is 0.488 e. The second-order valence-corrected chi connectivity index (χ2v) is 8.32. The molecule has 156 valence electrons. The average molecular weight is 475 g/mol. The molecule has 0 saturated heterocycles. The van der Waals surface area contributed by atoms with Gasteiger partial charge in [0.25, 0.3) is 5.91 Å². The quantitative estimate of drug-likeness (QED) is 0.327. The zero-order valence-electron chi connectivity index (χ0n) is 17.7. The number of aryl methyl sites for hydroxylation is 3. The summed E-state index contributed by atoms with van der Waals surface area (Å²) in [4.78, 5) is 12.7. The fourth-order valence-electron chi connectivity index (χ4n) is 3.17. The van der Waals surface area contributed by atoms with Crippen molar-refractivity contribution in [3.05, 3.63) is 98.5 Å². The van der Waals surface area contributed by atoms with E-state index >= 15 is 0 Å². The lowest BCUT2D eigenvalue weighted by molar-refractivity contribution is -0.112. The molecule has 1 N–H and O–H groups in total. The summed E-state index contributed by atoms with van der Waals surface area (Å²) in [5.74, 6) is 0.135. The molecule has 0 atom stereocenters. The Morgan fingerprint density at radius 1 is 1.06 bits per heavy atom. The molecule has 0 aromatic heterocycles. The summed E-state index contributed by atoms with van der Waals surface area (Å²) in [6.07, 6.45) is 1.55. The number of anilines is 1. The van der Waals surface area contributed by atoms with E-state index in [0.29, 0.717) is 23.6 Å². The van der Waals surface area contributed by atoms with Gasteiger partial charge in [0.15, 0.2) is 0 Å². The van der Waals surface area contributed by atoms with E-state index in [1.807, 2.05) is 81.4 Å². The monoisotopic (exact) mass is 474 g/mol. The minimum atomic E-state index is -0.459. The molecule has 0 aliphatic carbocycles. The summed E-state index contributed by atoms with van der Waals surface area (Å²) >= 11 is 3.45. The van der Waals surface area contributed by atoms with Gasteiger partial charge >= 0.3 is 0 Å². The van der Waals surface area contributed by atoms with Crippen molar-refractivity contribution in [2.24, 2.45) is 0 Å². The number of nitriles is 1. The standard InChI is InChI=1S/C26H23BrN2O2/c1-17-5-4-6-20(12-17)16-31-25-10-8-23(27)14-21(25)13-22(15-28)26(30)29-24-9-7-18(2)11-19(24)3/h4-14H,16H2,1-3H3,(H,29,30)/b22-13+. The fraction of sp³-hybridized carbons (Fsp3) is 0.154. The maximum atomic E-state index is 12.7. The van der Waals surface area contributed by atoms with Gasteiger partial charge in [0, 0.05) is 15.7 Å². The Hall–Kier alpha value is -3.36. The number of benzene rings is 3. The lowest BCUT2D eigenvalue weighted by atomic mass is 10.1. The van der Waals surface area contributed by atoms with E-state index in [1.54, 1.807) is 6.08 Å². The van der Waals surface area contributed by atoms with E-state index in [2.05, 4.69) is 27.3 Å². The topological polar surface area (TPSA) is 62.1 Å². The molecule has 3 rings (SSSR count). The van der Waals surface area contributed by atoms with E-state index in [0.717, 1.165) is 26.7 Å². The van der Waals surface area contributed by atoms with Crippen LogP contribution in [0.15, 0.2) is 70.7 Å². The van der Waals surface area contributed by atoms with Gasteiger partial charge in [0.2, 0.25) is 0 Å². The normalized spacial score (nSPS) is 11.0. The summed E-state index contributed by atoms with van der Waals surface area (Å²) in [7, 11) is 0. The van der Waals surface area contributed by atoms with Crippen molar-refractivity contribution >= 4 is 33.6 Å². The Morgan fingerprint density at radius 2 is 1.84 bits per heavy atom. The van der Waals surface area contributed by atoms with Gasteiger partial charge in [-0.1, -0.05) is 63.5 Å². The number of halogens is 1. The Bertz CT molecular complexity index is 1190. The summed E-state index contributed by atoms with van der Waals surface area (Å²) in [6, 6.07) is 21.3. The first-order chi connectivity index (χ1) is 14.9. The minimum absolute atomic E-state index is 0.00141. The van der Waals surface area contributed by atoms with Crippen LogP contribution in [-0.4, -0.2) is 5.91 Å².